The van der Waals surface area contributed by atoms with Crippen LogP contribution >= 0.6 is 0 Å². The van der Waals surface area contributed by atoms with Crippen LogP contribution in [0.1, 0.15) is 27.9 Å². The minimum absolute atomic E-state index is 0.0201. The Morgan fingerprint density at radius 1 is 1.09 bits per heavy atom. The van der Waals surface area contributed by atoms with Crippen LogP contribution in [0.5, 0.6) is 0 Å². The maximum Gasteiger partial charge on any atom is 0.248 e. The summed E-state index contributed by atoms with van der Waals surface area (Å²) in [4.78, 5) is 24.8. The van der Waals surface area contributed by atoms with Gasteiger partial charge in [-0.2, -0.15) is 0 Å². The average molecular weight is 314 g/mol. The normalized spacial score (nSPS) is 10.3. The standard InChI is InChI=1S/C18H19FN2O2/c1-21(12-14-5-8-15(9-6-14)18(20)23)17(22)10-7-13-3-2-4-16(19)11-13/h2-6,8-9,11H,7,10,12H2,1H3,(H2,20,23). The number of nitrogens with zero attached hydrogens (tertiary/aromatic N) is 1. The molecule has 2 amide bonds. The Morgan fingerprint density at radius 3 is 2.39 bits per heavy atom. The Balaban J connectivity index is 1.88. The van der Waals surface area contributed by atoms with Crippen LogP contribution in [0.4, 0.5) is 4.39 Å². The summed E-state index contributed by atoms with van der Waals surface area (Å²) in [7, 11) is 1.72. The molecule has 120 valence electrons. The molecule has 23 heavy (non-hydrogen) atoms. The number of benzene rings is 2. The number of amides is 2. The van der Waals surface area contributed by atoms with E-state index in [9.17, 15) is 14.0 Å². The van der Waals surface area contributed by atoms with E-state index in [4.69, 9.17) is 5.73 Å². The Labute approximate surface area is 134 Å². The van der Waals surface area contributed by atoms with E-state index in [1.165, 1.54) is 12.1 Å². The molecule has 0 bridgehead atoms. The summed E-state index contributed by atoms with van der Waals surface area (Å²) in [6.45, 7) is 0.445. The van der Waals surface area contributed by atoms with E-state index >= 15 is 0 Å². The number of rotatable bonds is 6. The third-order valence-electron chi connectivity index (χ3n) is 3.60. The van der Waals surface area contributed by atoms with Crippen LogP contribution in [-0.2, 0) is 17.8 Å². The average Bonchev–Trinajstić information content (AvgIpc) is 2.53. The quantitative estimate of drug-likeness (QED) is 0.890. The predicted octanol–water partition coefficient (Wildman–Crippen LogP) is 2.52. The lowest BCUT2D eigenvalue weighted by Gasteiger charge is -2.17. The first-order chi connectivity index (χ1) is 11.0. The molecule has 2 aromatic carbocycles. The van der Waals surface area contributed by atoms with E-state index in [0.29, 0.717) is 24.9 Å². The summed E-state index contributed by atoms with van der Waals surface area (Å²) in [5.41, 5.74) is 7.34. The highest BCUT2D eigenvalue weighted by Crippen LogP contribution is 2.10. The Bertz CT molecular complexity index is 698. The van der Waals surface area contributed by atoms with Crippen LogP contribution < -0.4 is 5.73 Å². The molecule has 2 rings (SSSR count). The lowest BCUT2D eigenvalue weighted by molar-refractivity contribution is -0.130. The molecule has 0 aromatic heterocycles. The molecule has 0 aliphatic carbocycles. The van der Waals surface area contributed by atoms with Gasteiger partial charge in [-0.3, -0.25) is 9.59 Å². The van der Waals surface area contributed by atoms with Gasteiger partial charge < -0.3 is 10.6 Å². The van der Waals surface area contributed by atoms with Gasteiger partial charge in [0, 0.05) is 25.6 Å². The molecule has 0 fully saturated rings. The molecule has 0 aliphatic heterocycles. The van der Waals surface area contributed by atoms with Crippen LogP contribution in [-0.4, -0.2) is 23.8 Å². The number of hydrogen-bond acceptors (Lipinski definition) is 2. The topological polar surface area (TPSA) is 63.4 Å². The molecule has 0 saturated carbocycles. The smallest absolute Gasteiger partial charge is 0.248 e. The summed E-state index contributed by atoms with van der Waals surface area (Å²) in [6, 6.07) is 13.1. The summed E-state index contributed by atoms with van der Waals surface area (Å²) in [6.07, 6.45) is 0.820. The minimum atomic E-state index is -0.476. The molecule has 0 unspecified atom stereocenters. The number of nitrogens with two attached hydrogens (primary N) is 1. The zero-order valence-electron chi connectivity index (χ0n) is 13.0. The van der Waals surface area contributed by atoms with Gasteiger partial charge in [-0.1, -0.05) is 24.3 Å². The van der Waals surface area contributed by atoms with Gasteiger partial charge in [0.15, 0.2) is 0 Å². The Kier molecular flexibility index (Phi) is 5.46. The van der Waals surface area contributed by atoms with Crippen LogP contribution in [0.25, 0.3) is 0 Å². The number of aryl methyl sites for hydroxylation is 1. The zero-order valence-corrected chi connectivity index (χ0v) is 13.0. The van der Waals surface area contributed by atoms with Crippen molar-refractivity contribution >= 4 is 11.8 Å². The zero-order chi connectivity index (χ0) is 16.8. The third kappa shape index (κ3) is 4.92. The largest absolute Gasteiger partial charge is 0.366 e. The molecule has 0 aliphatic rings. The second kappa shape index (κ2) is 7.54. The van der Waals surface area contributed by atoms with Crippen LogP contribution in [0.2, 0.25) is 0 Å². The maximum atomic E-state index is 13.1. The van der Waals surface area contributed by atoms with Crippen molar-refractivity contribution in [1.29, 1.82) is 0 Å². The van der Waals surface area contributed by atoms with Gasteiger partial charge in [-0.05, 0) is 41.8 Å². The number of primary amides is 1. The highest BCUT2D eigenvalue weighted by Gasteiger charge is 2.10. The summed E-state index contributed by atoms with van der Waals surface area (Å²) < 4.78 is 13.1. The number of carbonyl (C=O) groups is 2. The van der Waals surface area contributed by atoms with Crippen LogP contribution in [0.3, 0.4) is 0 Å². The fourth-order valence-electron chi connectivity index (χ4n) is 2.27. The Hall–Kier alpha value is -2.69. The molecule has 4 nitrogen and oxygen atoms in total. The van der Waals surface area contributed by atoms with Crippen molar-refractivity contribution in [3.05, 3.63) is 71.0 Å². The Morgan fingerprint density at radius 2 is 1.78 bits per heavy atom. The van der Waals surface area contributed by atoms with E-state index in [0.717, 1.165) is 11.1 Å². The SMILES string of the molecule is CN(Cc1ccc(C(N)=O)cc1)C(=O)CCc1cccc(F)c1. The molecule has 2 N–H and O–H groups in total. The van der Waals surface area contributed by atoms with Crippen molar-refractivity contribution in [3.63, 3.8) is 0 Å². The summed E-state index contributed by atoms with van der Waals surface area (Å²) in [5.74, 6) is -0.790. The van der Waals surface area contributed by atoms with E-state index in [1.807, 2.05) is 0 Å². The van der Waals surface area contributed by atoms with Crippen molar-refractivity contribution < 1.29 is 14.0 Å². The van der Waals surface area contributed by atoms with Gasteiger partial charge >= 0.3 is 0 Å². The molecular weight excluding hydrogens is 295 g/mol. The molecule has 0 atom stereocenters. The maximum absolute atomic E-state index is 13.1. The molecule has 0 saturated heterocycles. The summed E-state index contributed by atoms with van der Waals surface area (Å²) >= 11 is 0. The fraction of sp³-hybridized carbons (Fsp3) is 0.222. The van der Waals surface area contributed by atoms with Crippen LogP contribution in [0, 0.1) is 5.82 Å². The fourth-order valence-corrected chi connectivity index (χ4v) is 2.27. The highest BCUT2D eigenvalue weighted by atomic mass is 19.1. The first kappa shape index (κ1) is 16.7. The van der Waals surface area contributed by atoms with E-state index in [1.54, 1.807) is 48.3 Å². The van der Waals surface area contributed by atoms with Gasteiger partial charge in [-0.15, -0.1) is 0 Å². The second-order valence-corrected chi connectivity index (χ2v) is 5.44. The number of halogens is 1. The lowest BCUT2D eigenvalue weighted by atomic mass is 10.1. The number of carbonyl (C=O) groups excluding carboxylic acids is 2. The predicted molar refractivity (Wildman–Crippen MR) is 86.2 cm³/mol. The molecule has 5 heteroatoms. The van der Waals surface area contributed by atoms with E-state index < -0.39 is 5.91 Å². The van der Waals surface area contributed by atoms with Gasteiger partial charge in [0.25, 0.3) is 0 Å². The minimum Gasteiger partial charge on any atom is -0.366 e. The molecule has 2 aromatic rings. The highest BCUT2D eigenvalue weighted by molar-refractivity contribution is 5.92. The number of hydrogen-bond donors (Lipinski definition) is 1. The molecule has 0 radical (unpaired) electrons. The summed E-state index contributed by atoms with van der Waals surface area (Å²) in [5, 5.41) is 0. The van der Waals surface area contributed by atoms with Crippen LogP contribution in [0.15, 0.2) is 48.5 Å². The first-order valence-electron chi connectivity index (χ1n) is 7.33. The third-order valence-corrected chi connectivity index (χ3v) is 3.60. The van der Waals surface area contributed by atoms with Gasteiger partial charge in [0.1, 0.15) is 5.82 Å². The van der Waals surface area contributed by atoms with E-state index in [2.05, 4.69) is 0 Å². The second-order valence-electron chi connectivity index (χ2n) is 5.44. The van der Waals surface area contributed by atoms with Crippen molar-refractivity contribution in [2.24, 2.45) is 5.73 Å². The molecule has 0 heterocycles. The van der Waals surface area contributed by atoms with Gasteiger partial charge in [0.2, 0.25) is 11.8 Å². The van der Waals surface area contributed by atoms with Gasteiger partial charge in [0.05, 0.1) is 0 Å². The van der Waals surface area contributed by atoms with Gasteiger partial charge in [-0.25, -0.2) is 4.39 Å². The molecule has 0 spiro atoms. The monoisotopic (exact) mass is 314 g/mol. The van der Waals surface area contributed by atoms with Crippen molar-refractivity contribution in [2.45, 2.75) is 19.4 Å². The van der Waals surface area contributed by atoms with E-state index in [-0.39, 0.29) is 11.7 Å². The lowest BCUT2D eigenvalue weighted by Crippen LogP contribution is -2.26. The van der Waals surface area contributed by atoms with Crippen molar-refractivity contribution in [1.82, 2.24) is 4.90 Å². The van der Waals surface area contributed by atoms with Crippen molar-refractivity contribution in [2.75, 3.05) is 7.05 Å². The molecular formula is C18H19FN2O2. The first-order valence-corrected chi connectivity index (χ1v) is 7.33. The van der Waals surface area contributed by atoms with Crippen molar-refractivity contribution in [3.8, 4) is 0 Å².